The zero-order valence-corrected chi connectivity index (χ0v) is 23.2. The Kier molecular flexibility index (Phi) is 6.76. The Hall–Kier alpha value is -4.81. The Labute approximate surface area is 242 Å². The molecule has 3 aliphatic heterocycles. The van der Waals surface area contributed by atoms with Crippen LogP contribution in [-0.4, -0.2) is 82.3 Å². The maximum absolute atomic E-state index is 13.5. The van der Waals surface area contributed by atoms with Gasteiger partial charge in [-0.25, -0.2) is 10.5 Å². The van der Waals surface area contributed by atoms with Crippen molar-refractivity contribution < 1.29 is 14.0 Å². The molecule has 42 heavy (non-hydrogen) atoms. The molecule has 4 aromatic rings. The van der Waals surface area contributed by atoms with Gasteiger partial charge < -0.3 is 14.2 Å². The third kappa shape index (κ3) is 4.95. The summed E-state index contributed by atoms with van der Waals surface area (Å²) in [6.07, 6.45) is 3.04. The summed E-state index contributed by atoms with van der Waals surface area (Å²) in [6, 6.07) is 19.3. The number of nitrogens with one attached hydrogen (secondary N) is 2. The monoisotopic (exact) mass is 565 g/mol. The van der Waals surface area contributed by atoms with Crippen LogP contribution >= 0.6 is 0 Å². The van der Waals surface area contributed by atoms with Crippen LogP contribution in [0.3, 0.4) is 0 Å². The lowest BCUT2D eigenvalue weighted by molar-refractivity contribution is -0.117. The van der Waals surface area contributed by atoms with E-state index in [1.807, 2.05) is 48.3 Å². The second-order valence-corrected chi connectivity index (χ2v) is 10.7. The number of amides is 2. The van der Waals surface area contributed by atoms with Gasteiger partial charge in [-0.3, -0.25) is 24.9 Å². The molecular weight excluding hydrogens is 534 g/mol. The highest BCUT2D eigenvalue weighted by Crippen LogP contribution is 2.30. The Balaban J connectivity index is 1.06. The Morgan fingerprint density at radius 1 is 1.00 bits per heavy atom. The maximum Gasteiger partial charge on any atom is 0.272 e. The van der Waals surface area contributed by atoms with Gasteiger partial charge in [-0.2, -0.15) is 0 Å². The minimum atomic E-state index is -0.128. The number of oxazole rings is 1. The first-order valence-electron chi connectivity index (χ1n) is 14.1. The fourth-order valence-electron chi connectivity index (χ4n) is 5.80. The average Bonchev–Trinajstić information content (AvgIpc) is 3.77. The second kappa shape index (κ2) is 10.9. The number of hydrazine groups is 2. The zero-order valence-electron chi connectivity index (χ0n) is 23.2. The topological polar surface area (TPSA) is 122 Å². The summed E-state index contributed by atoms with van der Waals surface area (Å²) in [4.78, 5) is 40.7. The molecule has 2 fully saturated rings. The lowest BCUT2D eigenvalue weighted by atomic mass is 10.0. The second-order valence-electron chi connectivity index (χ2n) is 10.7. The van der Waals surface area contributed by atoms with E-state index in [1.54, 1.807) is 28.3 Å². The largest absolute Gasteiger partial charge is 0.436 e. The molecule has 1 atom stereocenters. The van der Waals surface area contributed by atoms with E-state index in [9.17, 15) is 9.59 Å². The van der Waals surface area contributed by atoms with Gasteiger partial charge in [-0.05, 0) is 42.3 Å². The van der Waals surface area contributed by atoms with Gasteiger partial charge in [-0.15, -0.1) is 10.2 Å². The molecule has 214 valence electrons. The van der Waals surface area contributed by atoms with Crippen LogP contribution in [0.1, 0.15) is 34.9 Å². The summed E-state index contributed by atoms with van der Waals surface area (Å²) in [5.41, 5.74) is 10.5. The lowest BCUT2D eigenvalue weighted by Crippen LogP contribution is -2.52. The molecule has 2 aromatic heterocycles. The number of carbonyl (C=O) groups is 2. The number of carbonyl (C=O) groups excluding carboxylic acids is 2. The zero-order chi connectivity index (χ0) is 28.6. The van der Waals surface area contributed by atoms with Gasteiger partial charge in [0.1, 0.15) is 11.2 Å². The summed E-state index contributed by atoms with van der Waals surface area (Å²) in [5.74, 6) is 1.22. The minimum Gasteiger partial charge on any atom is -0.436 e. The number of nitrogens with zero attached hydrogens (tertiary/aromatic N) is 7. The van der Waals surface area contributed by atoms with Gasteiger partial charge in [0, 0.05) is 63.6 Å². The van der Waals surface area contributed by atoms with Crippen LogP contribution in [0.15, 0.2) is 76.4 Å². The SMILES string of the molecule is CN1NN=C([C@@H](c2ccccc2)N2CCN(C(=O)c3cc(-c4nc5cc(N6CCCC6=O)ccc5o4)ccn3)CC2)N1. The normalized spacial score (nSPS) is 18.7. The molecule has 0 saturated carbocycles. The van der Waals surface area contributed by atoms with E-state index in [4.69, 9.17) is 4.42 Å². The van der Waals surface area contributed by atoms with Crippen molar-refractivity contribution in [1.82, 2.24) is 35.8 Å². The number of hydrogen-bond donors (Lipinski definition) is 2. The summed E-state index contributed by atoms with van der Waals surface area (Å²) < 4.78 is 6.02. The Bertz CT molecular complexity index is 1660. The van der Waals surface area contributed by atoms with Crippen molar-refractivity contribution in [3.8, 4) is 11.5 Å². The van der Waals surface area contributed by atoms with Gasteiger partial charge in [0.2, 0.25) is 11.8 Å². The maximum atomic E-state index is 13.5. The van der Waals surface area contributed by atoms with Crippen LogP contribution in [0.5, 0.6) is 0 Å². The van der Waals surface area contributed by atoms with Crippen molar-refractivity contribution in [1.29, 1.82) is 0 Å². The molecule has 0 bridgehead atoms. The first-order chi connectivity index (χ1) is 20.5. The third-order valence-electron chi connectivity index (χ3n) is 7.93. The smallest absolute Gasteiger partial charge is 0.272 e. The molecule has 0 spiro atoms. The molecule has 2 aromatic carbocycles. The average molecular weight is 566 g/mol. The Morgan fingerprint density at radius 2 is 1.83 bits per heavy atom. The number of fused-ring (bicyclic) bond motifs is 1. The van der Waals surface area contributed by atoms with E-state index < -0.39 is 0 Å². The minimum absolute atomic E-state index is 0.0642. The van der Waals surface area contributed by atoms with Crippen LogP contribution in [0.4, 0.5) is 5.69 Å². The van der Waals surface area contributed by atoms with E-state index in [2.05, 4.69) is 43.1 Å². The number of benzene rings is 2. The first-order valence-corrected chi connectivity index (χ1v) is 14.1. The number of hydrogen-bond acceptors (Lipinski definition) is 10. The fraction of sp³-hybridized carbons (Fsp3) is 0.300. The number of pyridine rings is 1. The Morgan fingerprint density at radius 3 is 2.57 bits per heavy atom. The summed E-state index contributed by atoms with van der Waals surface area (Å²) >= 11 is 0. The van der Waals surface area contributed by atoms with Crippen molar-refractivity contribution in [3.63, 3.8) is 0 Å². The van der Waals surface area contributed by atoms with E-state index in [0.717, 1.165) is 23.5 Å². The van der Waals surface area contributed by atoms with E-state index in [0.29, 0.717) is 67.4 Å². The predicted molar refractivity (Wildman–Crippen MR) is 157 cm³/mol. The van der Waals surface area contributed by atoms with Gasteiger partial charge in [0.15, 0.2) is 11.4 Å². The predicted octanol–water partition coefficient (Wildman–Crippen LogP) is 2.78. The molecular formula is C30H31N9O3. The molecule has 0 aliphatic carbocycles. The lowest BCUT2D eigenvalue weighted by Gasteiger charge is -2.39. The molecule has 2 N–H and O–H groups in total. The third-order valence-corrected chi connectivity index (χ3v) is 7.93. The number of piperazine rings is 1. The van der Waals surface area contributed by atoms with Crippen LogP contribution in [0.25, 0.3) is 22.6 Å². The van der Waals surface area contributed by atoms with Gasteiger partial charge in [-0.1, -0.05) is 30.3 Å². The molecule has 3 aliphatic rings. The number of rotatable bonds is 6. The van der Waals surface area contributed by atoms with Crippen molar-refractivity contribution >= 4 is 34.4 Å². The van der Waals surface area contributed by atoms with Crippen molar-refractivity contribution in [2.45, 2.75) is 18.9 Å². The first kappa shape index (κ1) is 26.1. The standard InChI is InChI=1S/C30H31N9O3/c1-36-34-28(33-35-36)27(20-6-3-2-4-7-20)37-14-16-38(17-15-37)30(41)24-18-21(11-12-31-24)29-32-23-19-22(9-10-25(23)42-29)39-13-5-8-26(39)40/h2-4,6-7,9-12,18-19,27,35H,5,8,13-17H2,1H3,(H,33,34)/t27-/m1/s1. The molecule has 12 heteroatoms. The van der Waals surface area contributed by atoms with E-state index in [1.165, 1.54) is 0 Å². The highest BCUT2D eigenvalue weighted by atomic mass is 16.3. The molecule has 0 unspecified atom stereocenters. The quantitative estimate of drug-likeness (QED) is 0.363. The summed E-state index contributed by atoms with van der Waals surface area (Å²) in [5, 5.41) is 6.19. The van der Waals surface area contributed by atoms with Crippen molar-refractivity contribution in [2.24, 2.45) is 5.10 Å². The summed E-state index contributed by atoms with van der Waals surface area (Å²) in [7, 11) is 1.87. The molecule has 2 amide bonds. The molecule has 7 rings (SSSR count). The van der Waals surface area contributed by atoms with E-state index in [-0.39, 0.29) is 17.9 Å². The van der Waals surface area contributed by atoms with Crippen molar-refractivity contribution in [2.75, 3.05) is 44.7 Å². The van der Waals surface area contributed by atoms with E-state index >= 15 is 0 Å². The van der Waals surface area contributed by atoms with Crippen LogP contribution in [0, 0.1) is 0 Å². The highest BCUT2D eigenvalue weighted by Gasteiger charge is 2.33. The number of hydrazone groups is 1. The molecule has 5 heterocycles. The van der Waals surface area contributed by atoms with Gasteiger partial charge >= 0.3 is 0 Å². The van der Waals surface area contributed by atoms with Crippen LogP contribution in [-0.2, 0) is 4.79 Å². The number of aromatic nitrogens is 2. The molecule has 0 radical (unpaired) electrons. The summed E-state index contributed by atoms with van der Waals surface area (Å²) in [6.45, 7) is 3.20. The van der Waals surface area contributed by atoms with Crippen LogP contribution in [0.2, 0.25) is 0 Å². The fourth-order valence-corrected chi connectivity index (χ4v) is 5.80. The van der Waals surface area contributed by atoms with Gasteiger partial charge in [0.05, 0.1) is 6.04 Å². The molecule has 2 saturated heterocycles. The van der Waals surface area contributed by atoms with Gasteiger partial charge in [0.25, 0.3) is 5.91 Å². The highest BCUT2D eigenvalue weighted by molar-refractivity contribution is 5.97. The molecule has 12 nitrogen and oxygen atoms in total. The number of amidine groups is 1. The van der Waals surface area contributed by atoms with Crippen molar-refractivity contribution in [3.05, 3.63) is 78.1 Å². The number of anilines is 1. The van der Waals surface area contributed by atoms with Crippen LogP contribution < -0.4 is 15.9 Å².